The van der Waals surface area contributed by atoms with Crippen LogP contribution in [0, 0.1) is 11.8 Å². The number of phenolic OH excluding ortho intramolecular Hbond substituents is 1. The number of aromatic hydroxyl groups is 1. The van der Waals surface area contributed by atoms with E-state index in [0.29, 0.717) is 12.8 Å². The second-order valence-corrected chi connectivity index (χ2v) is 21.7. The third kappa shape index (κ3) is 22.2. The number of phenols is 1. The van der Waals surface area contributed by atoms with Crippen LogP contribution in [0.25, 0.3) is 0 Å². The van der Waals surface area contributed by atoms with Crippen molar-refractivity contribution in [2.24, 2.45) is 23.3 Å². The number of carboxylic acids is 4. The molecule has 2 fully saturated rings. The molecule has 0 saturated carbocycles. The summed E-state index contributed by atoms with van der Waals surface area (Å²) in [4.78, 5) is 188. The lowest BCUT2D eigenvalue weighted by Gasteiger charge is -2.33. The van der Waals surface area contributed by atoms with Crippen molar-refractivity contribution in [1.29, 1.82) is 0 Å². The summed E-state index contributed by atoms with van der Waals surface area (Å²) in [5, 5.41) is 75.6. The van der Waals surface area contributed by atoms with Gasteiger partial charge in [-0.25, -0.2) is 4.79 Å². The van der Waals surface area contributed by atoms with Gasteiger partial charge in [0.1, 0.15) is 66.2 Å². The average molecular weight is 1220 g/mol. The van der Waals surface area contributed by atoms with Gasteiger partial charge >= 0.3 is 23.9 Å². The number of aliphatic hydroxyl groups is 1. The number of rotatable bonds is 36. The molecule has 86 heavy (non-hydrogen) atoms. The number of aliphatic hydroxyl groups excluding tert-OH is 1. The molecule has 1 aromatic carbocycles. The number of hydrogen-bond acceptors (Lipinski definition) is 17. The predicted octanol–water partition coefficient (Wildman–Crippen LogP) is -2.94. The van der Waals surface area contributed by atoms with Crippen LogP contribution in [0.2, 0.25) is 0 Å². The Morgan fingerprint density at radius 2 is 0.919 bits per heavy atom. The average Bonchev–Trinajstić information content (AvgIpc) is 3.05. The molecule has 10 amide bonds. The zero-order chi connectivity index (χ0) is 64.7. The first-order chi connectivity index (χ1) is 40.4. The molecule has 1 aromatic rings. The molecule has 0 unspecified atom stereocenters. The van der Waals surface area contributed by atoms with Crippen molar-refractivity contribution in [1.82, 2.24) is 47.0 Å². The van der Waals surface area contributed by atoms with Gasteiger partial charge in [0.25, 0.3) is 0 Å². The summed E-state index contributed by atoms with van der Waals surface area (Å²) in [5.74, 6) is -16.7. The van der Waals surface area contributed by atoms with Crippen LogP contribution in [0.5, 0.6) is 5.75 Å². The summed E-state index contributed by atoms with van der Waals surface area (Å²) in [5.41, 5.74) is 11.4. The van der Waals surface area contributed by atoms with Crippen molar-refractivity contribution in [2.75, 3.05) is 13.1 Å². The summed E-state index contributed by atoms with van der Waals surface area (Å²) in [6, 6.07) is -10.0. The monoisotopic (exact) mass is 1220 g/mol. The van der Waals surface area contributed by atoms with Gasteiger partial charge < -0.3 is 89.1 Å². The maximum Gasteiger partial charge on any atom is 0.326 e. The molecule has 31 nitrogen and oxygen atoms in total. The Morgan fingerprint density at radius 1 is 0.523 bits per heavy atom. The van der Waals surface area contributed by atoms with Gasteiger partial charge in [-0.15, -0.1) is 0 Å². The van der Waals surface area contributed by atoms with Crippen LogP contribution in [0.15, 0.2) is 24.3 Å². The molecule has 0 aromatic heterocycles. The van der Waals surface area contributed by atoms with Gasteiger partial charge in [0.2, 0.25) is 59.1 Å². The topological polar surface area (TPSA) is 503 Å². The molecule has 13 atom stereocenters. The van der Waals surface area contributed by atoms with Crippen molar-refractivity contribution in [2.45, 2.75) is 197 Å². The number of carbonyl (C=O) groups excluding carboxylic acids is 10. The molecule has 0 aliphatic carbocycles. The second kappa shape index (κ2) is 34.5. The predicted molar refractivity (Wildman–Crippen MR) is 300 cm³/mol. The Labute approximate surface area is 495 Å². The number of nitrogens with two attached hydrogens (primary N) is 2. The van der Waals surface area contributed by atoms with Crippen LogP contribution >= 0.6 is 0 Å². The number of benzene rings is 1. The van der Waals surface area contributed by atoms with Crippen LogP contribution in [0.3, 0.4) is 0 Å². The van der Waals surface area contributed by atoms with Gasteiger partial charge in [0, 0.05) is 45.2 Å². The molecule has 0 bridgehead atoms. The van der Waals surface area contributed by atoms with Crippen molar-refractivity contribution in [3.05, 3.63) is 29.8 Å². The normalized spacial score (nSPS) is 18.5. The highest BCUT2D eigenvalue weighted by atomic mass is 16.4. The zero-order valence-corrected chi connectivity index (χ0v) is 48.8. The fraction of sp³-hybridized carbons (Fsp3) is 0.636. The second-order valence-electron chi connectivity index (χ2n) is 21.7. The largest absolute Gasteiger partial charge is 0.508 e. The fourth-order valence-corrected chi connectivity index (χ4v) is 9.66. The van der Waals surface area contributed by atoms with E-state index in [-0.39, 0.29) is 50.1 Å². The number of primary amides is 1. The van der Waals surface area contributed by atoms with Gasteiger partial charge in [0.15, 0.2) is 0 Å². The molecular formula is C55H83N11O20. The molecule has 31 heteroatoms. The Balaban J connectivity index is 1.98. The lowest BCUT2D eigenvalue weighted by Crippen LogP contribution is -2.61. The number of carbonyl (C=O) groups is 14. The van der Waals surface area contributed by atoms with E-state index in [0.717, 1.165) is 4.90 Å². The molecule has 2 aliphatic heterocycles. The van der Waals surface area contributed by atoms with Crippen molar-refractivity contribution < 1.29 is 97.8 Å². The molecule has 2 aliphatic rings. The summed E-state index contributed by atoms with van der Waals surface area (Å²) in [6.45, 7) is 7.88. The van der Waals surface area contributed by atoms with E-state index in [1.807, 2.05) is 0 Å². The molecule has 2 saturated heterocycles. The summed E-state index contributed by atoms with van der Waals surface area (Å²) in [6.07, 6.45) is -5.31. The van der Waals surface area contributed by atoms with E-state index in [9.17, 15) is 97.8 Å². The van der Waals surface area contributed by atoms with Crippen LogP contribution in [0.1, 0.15) is 130 Å². The lowest BCUT2D eigenvalue weighted by molar-refractivity contribution is -0.146. The highest BCUT2D eigenvalue weighted by Gasteiger charge is 2.43. The third-order valence-corrected chi connectivity index (χ3v) is 15.2. The Morgan fingerprint density at radius 3 is 1.37 bits per heavy atom. The van der Waals surface area contributed by atoms with E-state index in [4.69, 9.17) is 11.5 Å². The fourth-order valence-electron chi connectivity index (χ4n) is 9.66. The summed E-state index contributed by atoms with van der Waals surface area (Å²) >= 11 is 0. The molecule has 3 rings (SSSR count). The molecular weight excluding hydrogens is 1130 g/mol. The van der Waals surface area contributed by atoms with E-state index < -0.39 is 219 Å². The minimum Gasteiger partial charge on any atom is -0.508 e. The molecule has 17 N–H and O–H groups in total. The van der Waals surface area contributed by atoms with E-state index in [2.05, 4.69) is 37.2 Å². The SMILES string of the molecule is CC[C@H](C)[C@H](NC(=O)[C@@H]1CCCN1C(=O)[C@@H](NC(=O)[C@H](CCC(=O)O)NC(=O)[C@H](CCC(=O)O)NC(=O)[C@H](Cc1ccc(O)cc1)NC(=O)[C@H](CCC(N)=O)NC(=O)[C@@H]1CCCN1C(=O)[C@H](CCC(=O)O)NC(=O)[C@@H](N)[C@@H](C)O)[C@@H](C)CC)C(=O)O. The minimum absolute atomic E-state index is 0.00860. The molecule has 0 radical (unpaired) electrons. The first kappa shape index (κ1) is 71.8. The number of hydrogen-bond donors (Lipinski definition) is 15. The Hall–Kier alpha value is -8.48. The van der Waals surface area contributed by atoms with Crippen molar-refractivity contribution in [3.63, 3.8) is 0 Å². The third-order valence-electron chi connectivity index (χ3n) is 15.2. The lowest BCUT2D eigenvalue weighted by atomic mass is 9.96. The Bertz CT molecular complexity index is 2620. The van der Waals surface area contributed by atoms with Crippen LogP contribution in [-0.2, 0) is 73.5 Å². The highest BCUT2D eigenvalue weighted by Crippen LogP contribution is 2.24. The van der Waals surface area contributed by atoms with Gasteiger partial charge in [-0.3, -0.25) is 62.3 Å². The Kier molecular flexibility index (Phi) is 28.8. The van der Waals surface area contributed by atoms with E-state index in [1.54, 1.807) is 27.7 Å². The number of likely N-dealkylation sites (tertiary alicyclic amines) is 2. The van der Waals surface area contributed by atoms with Crippen LogP contribution in [0.4, 0.5) is 0 Å². The number of nitrogens with one attached hydrogen (secondary N) is 7. The highest BCUT2D eigenvalue weighted by molar-refractivity contribution is 5.99. The van der Waals surface area contributed by atoms with Crippen LogP contribution in [-0.4, -0.2) is 203 Å². The maximum atomic E-state index is 14.5. The van der Waals surface area contributed by atoms with Gasteiger partial charge in [-0.05, 0) is 87.8 Å². The molecule has 2 heterocycles. The first-order valence-electron chi connectivity index (χ1n) is 28.5. The standard InChI is InChI=1S/C55H83N11O20/c1-6-27(3)44(54(84)66-25-9-11-38(66)51(81)64-45(55(85)86)28(4)7-2)63-48(78)34(18-22-41(72)73)58-46(76)33(17-21-40(70)71)59-49(79)36(26-30-12-14-31(68)15-13-30)62-47(77)32(16-20-39(56)69)60-50(80)37-10-8-24-65(37)53(83)35(19-23-42(74)75)61-52(82)43(57)29(5)67/h12-15,27-29,32-38,43-45,67-68H,6-11,16-26,57H2,1-5H3,(H2,56,69)(H,58,76)(H,59,79)(H,60,80)(H,61,82)(H,62,77)(H,63,78)(H,64,81)(H,70,71)(H,72,73)(H,74,75)(H,85,86)/t27-,28-,29+,32-,33-,34-,35-,36-,37-,38-,43-,44-,45-/m0/s1. The number of carboxylic acid groups (broad SMARTS) is 4. The molecule has 478 valence electrons. The number of aliphatic carboxylic acids is 4. The maximum absolute atomic E-state index is 14.5. The number of nitrogens with zero attached hydrogens (tertiary/aromatic N) is 2. The summed E-state index contributed by atoms with van der Waals surface area (Å²) in [7, 11) is 0. The van der Waals surface area contributed by atoms with Crippen molar-refractivity contribution in [3.8, 4) is 5.75 Å². The molecule has 0 spiro atoms. The van der Waals surface area contributed by atoms with Crippen LogP contribution < -0.4 is 48.7 Å². The van der Waals surface area contributed by atoms with E-state index >= 15 is 0 Å². The summed E-state index contributed by atoms with van der Waals surface area (Å²) < 4.78 is 0. The van der Waals surface area contributed by atoms with Gasteiger partial charge in [-0.2, -0.15) is 0 Å². The first-order valence-corrected chi connectivity index (χ1v) is 28.5. The number of amides is 10. The zero-order valence-electron chi connectivity index (χ0n) is 48.8. The minimum atomic E-state index is -1.86. The van der Waals surface area contributed by atoms with Crippen molar-refractivity contribution >= 4 is 82.9 Å². The quantitative estimate of drug-likeness (QED) is 0.0319. The smallest absolute Gasteiger partial charge is 0.326 e. The van der Waals surface area contributed by atoms with Gasteiger partial charge in [-0.1, -0.05) is 52.7 Å². The van der Waals surface area contributed by atoms with E-state index in [1.165, 1.54) is 36.1 Å². The van der Waals surface area contributed by atoms with Gasteiger partial charge in [0.05, 0.1) is 6.10 Å².